The van der Waals surface area contributed by atoms with Gasteiger partial charge in [0, 0.05) is 19.4 Å². The highest BCUT2D eigenvalue weighted by molar-refractivity contribution is 7.47. The summed E-state index contributed by atoms with van der Waals surface area (Å²) in [5, 5.41) is 12.4. The van der Waals surface area contributed by atoms with Crippen LogP contribution in [-0.4, -0.2) is 54.3 Å². The Morgan fingerprint density at radius 2 is 1.18 bits per heavy atom. The zero-order valence-corrected chi connectivity index (χ0v) is 25.0. The lowest BCUT2D eigenvalue weighted by molar-refractivity contribution is -0.147. The van der Waals surface area contributed by atoms with Crippen molar-refractivity contribution in [3.63, 3.8) is 0 Å². The number of phosphoric ester groups is 1. The molecule has 0 spiro atoms. The lowest BCUT2D eigenvalue weighted by atomic mass is 10.0. The molecule has 0 bridgehead atoms. The summed E-state index contributed by atoms with van der Waals surface area (Å²) in [6.07, 6.45) is 19.7. The van der Waals surface area contributed by atoms with E-state index in [0.29, 0.717) is 6.42 Å². The molecule has 0 aliphatic heterocycles. The minimum Gasteiger partial charge on any atom is -0.463 e. The Kier molecular flexibility index (Phi) is 25.6. The van der Waals surface area contributed by atoms with Crippen LogP contribution in [0.5, 0.6) is 0 Å². The Hall–Kier alpha value is -0.990. The summed E-state index contributed by atoms with van der Waals surface area (Å²) in [7, 11) is -4.38. The minimum absolute atomic E-state index is 0.0866. The third kappa shape index (κ3) is 26.6. The van der Waals surface area contributed by atoms with Crippen molar-refractivity contribution in [3.8, 4) is 0 Å². The second kappa shape index (κ2) is 26.2. The molecule has 0 saturated carbocycles. The Morgan fingerprint density at radius 3 is 1.74 bits per heavy atom. The fourth-order valence-electron chi connectivity index (χ4n) is 3.97. The first-order valence-electron chi connectivity index (χ1n) is 15.0. The van der Waals surface area contributed by atoms with Gasteiger partial charge in [-0.1, -0.05) is 110 Å². The highest BCUT2D eigenvalue weighted by atomic mass is 31.2. The topological polar surface area (TPSA) is 131 Å². The van der Waals surface area contributed by atoms with E-state index in [1.165, 1.54) is 70.6 Å². The monoisotopic (exact) mass is 565 g/mol. The molecule has 0 aromatic carbocycles. The quantitative estimate of drug-likeness (QED) is 0.0550. The van der Waals surface area contributed by atoms with Gasteiger partial charge in [0.25, 0.3) is 0 Å². The van der Waals surface area contributed by atoms with Gasteiger partial charge in [0.05, 0.1) is 13.2 Å². The first-order valence-corrected chi connectivity index (χ1v) is 16.5. The molecule has 10 heteroatoms. The standard InChI is InChI=1S/C28H56NO8P/c1-3-5-7-8-9-10-11-12-13-14-15-16-17-19-20-27(31)29-22-23-36-38(33,34)37-25-26(30)24-35-28(32)21-18-6-4-2/h26,30H,3-25H2,1-2H3,(H,29,31)(H,33,34). The molecule has 0 fully saturated rings. The number of amides is 1. The summed E-state index contributed by atoms with van der Waals surface area (Å²) in [6.45, 7) is 3.34. The molecule has 0 aromatic heterocycles. The van der Waals surface area contributed by atoms with Crippen LogP contribution in [0.2, 0.25) is 0 Å². The van der Waals surface area contributed by atoms with Crippen molar-refractivity contribution >= 4 is 19.7 Å². The molecule has 0 heterocycles. The van der Waals surface area contributed by atoms with E-state index in [1.54, 1.807) is 0 Å². The number of hydrogen-bond donors (Lipinski definition) is 3. The van der Waals surface area contributed by atoms with Crippen molar-refractivity contribution in [2.24, 2.45) is 0 Å². The minimum atomic E-state index is -4.38. The molecule has 0 aromatic rings. The number of phosphoric acid groups is 1. The Balaban J connectivity index is 3.58. The van der Waals surface area contributed by atoms with Crippen molar-refractivity contribution in [1.82, 2.24) is 5.32 Å². The zero-order chi connectivity index (χ0) is 28.3. The molecule has 9 nitrogen and oxygen atoms in total. The number of esters is 1. The van der Waals surface area contributed by atoms with Gasteiger partial charge in [-0.2, -0.15) is 0 Å². The fourth-order valence-corrected chi connectivity index (χ4v) is 4.72. The lowest BCUT2D eigenvalue weighted by Crippen LogP contribution is -2.27. The number of aliphatic hydroxyl groups excluding tert-OH is 1. The SMILES string of the molecule is CCCCCCCCCCCCCCCCC(=O)NCCOP(=O)(O)OCC(O)COC(=O)CCCCC. The Bertz CT molecular complexity index is 620. The molecule has 2 unspecified atom stereocenters. The van der Waals surface area contributed by atoms with Crippen LogP contribution in [0.15, 0.2) is 0 Å². The number of nitrogens with one attached hydrogen (secondary N) is 1. The molecule has 0 saturated heterocycles. The average Bonchev–Trinajstić information content (AvgIpc) is 2.89. The van der Waals surface area contributed by atoms with Crippen molar-refractivity contribution < 1.29 is 37.9 Å². The molecule has 1 amide bonds. The van der Waals surface area contributed by atoms with E-state index >= 15 is 0 Å². The first kappa shape index (κ1) is 37.0. The number of aliphatic hydroxyl groups is 1. The van der Waals surface area contributed by atoms with E-state index in [4.69, 9.17) is 13.8 Å². The van der Waals surface area contributed by atoms with Crippen LogP contribution in [0.1, 0.15) is 136 Å². The number of hydrogen-bond acceptors (Lipinski definition) is 7. The Labute approximate surface area is 231 Å². The van der Waals surface area contributed by atoms with Gasteiger partial charge in [-0.05, 0) is 12.8 Å². The summed E-state index contributed by atoms with van der Waals surface area (Å²) in [6, 6.07) is 0. The second-order valence-electron chi connectivity index (χ2n) is 10.1. The third-order valence-corrected chi connectivity index (χ3v) is 7.27. The predicted octanol–water partition coefficient (Wildman–Crippen LogP) is 6.59. The van der Waals surface area contributed by atoms with Crippen LogP contribution < -0.4 is 5.32 Å². The normalized spacial score (nSPS) is 13.7. The van der Waals surface area contributed by atoms with Crippen molar-refractivity contribution in [1.29, 1.82) is 0 Å². The van der Waals surface area contributed by atoms with Crippen LogP contribution in [0, 0.1) is 0 Å². The molecular formula is C28H56NO8P. The fraction of sp³-hybridized carbons (Fsp3) is 0.929. The van der Waals surface area contributed by atoms with Gasteiger partial charge in [0.2, 0.25) is 5.91 Å². The van der Waals surface area contributed by atoms with E-state index in [0.717, 1.165) is 38.5 Å². The van der Waals surface area contributed by atoms with Gasteiger partial charge >= 0.3 is 13.8 Å². The highest BCUT2D eigenvalue weighted by Crippen LogP contribution is 2.42. The maximum atomic E-state index is 11.9. The van der Waals surface area contributed by atoms with Gasteiger partial charge in [-0.15, -0.1) is 0 Å². The van der Waals surface area contributed by atoms with E-state index < -0.39 is 26.5 Å². The average molecular weight is 566 g/mol. The highest BCUT2D eigenvalue weighted by Gasteiger charge is 2.23. The van der Waals surface area contributed by atoms with Crippen molar-refractivity contribution in [3.05, 3.63) is 0 Å². The van der Waals surface area contributed by atoms with Crippen LogP contribution in [0.4, 0.5) is 0 Å². The van der Waals surface area contributed by atoms with Crippen LogP contribution >= 0.6 is 7.82 Å². The number of carbonyl (C=O) groups is 2. The van der Waals surface area contributed by atoms with Gasteiger partial charge < -0.3 is 20.1 Å². The lowest BCUT2D eigenvalue weighted by Gasteiger charge is -2.15. The summed E-state index contributed by atoms with van der Waals surface area (Å²) in [5.41, 5.74) is 0. The molecule has 0 radical (unpaired) electrons. The molecule has 226 valence electrons. The van der Waals surface area contributed by atoms with E-state index in [1.807, 2.05) is 6.92 Å². The molecule has 3 N–H and O–H groups in total. The van der Waals surface area contributed by atoms with Crippen molar-refractivity contribution in [2.45, 2.75) is 142 Å². The maximum Gasteiger partial charge on any atom is 0.472 e. The Morgan fingerprint density at radius 1 is 0.711 bits per heavy atom. The van der Waals surface area contributed by atoms with E-state index in [9.17, 15) is 24.2 Å². The number of carbonyl (C=O) groups excluding carboxylic acids is 2. The van der Waals surface area contributed by atoms with Crippen LogP contribution in [0.3, 0.4) is 0 Å². The van der Waals surface area contributed by atoms with Gasteiger partial charge in [0.15, 0.2) is 0 Å². The van der Waals surface area contributed by atoms with Crippen LogP contribution in [-0.2, 0) is 27.9 Å². The molecule has 0 rings (SSSR count). The molecule has 2 atom stereocenters. The number of ether oxygens (including phenoxy) is 1. The number of unbranched alkanes of at least 4 members (excludes halogenated alkanes) is 15. The zero-order valence-electron chi connectivity index (χ0n) is 24.1. The third-order valence-electron chi connectivity index (χ3n) is 6.29. The van der Waals surface area contributed by atoms with Crippen LogP contribution in [0.25, 0.3) is 0 Å². The van der Waals surface area contributed by atoms with Gasteiger partial charge in [-0.3, -0.25) is 18.6 Å². The number of rotatable bonds is 28. The molecule has 0 aliphatic rings. The first-order chi connectivity index (χ1) is 18.3. The summed E-state index contributed by atoms with van der Waals surface area (Å²) >= 11 is 0. The summed E-state index contributed by atoms with van der Waals surface area (Å²) in [5.74, 6) is -0.539. The molecular weight excluding hydrogens is 509 g/mol. The van der Waals surface area contributed by atoms with Gasteiger partial charge in [-0.25, -0.2) is 4.57 Å². The molecule has 0 aliphatic carbocycles. The van der Waals surface area contributed by atoms with E-state index in [2.05, 4.69) is 12.2 Å². The second-order valence-corrected chi connectivity index (χ2v) is 11.5. The summed E-state index contributed by atoms with van der Waals surface area (Å²) < 4.78 is 26.3. The smallest absolute Gasteiger partial charge is 0.463 e. The predicted molar refractivity (Wildman–Crippen MR) is 151 cm³/mol. The van der Waals surface area contributed by atoms with E-state index in [-0.39, 0.29) is 32.1 Å². The van der Waals surface area contributed by atoms with Crippen molar-refractivity contribution in [2.75, 3.05) is 26.4 Å². The van der Waals surface area contributed by atoms with Gasteiger partial charge in [0.1, 0.15) is 12.7 Å². The summed E-state index contributed by atoms with van der Waals surface area (Å²) in [4.78, 5) is 33.1. The maximum absolute atomic E-state index is 11.9. The largest absolute Gasteiger partial charge is 0.472 e. The molecule has 38 heavy (non-hydrogen) atoms.